The van der Waals surface area contributed by atoms with E-state index in [-0.39, 0.29) is 16.5 Å². The number of Topliss-reactive ketones (excluding diaryl/α,β-unsaturated/α-hetero) is 1. The van der Waals surface area contributed by atoms with Crippen molar-refractivity contribution in [3.8, 4) is 0 Å². The fraction of sp³-hybridized carbons (Fsp3) is 0.143. The van der Waals surface area contributed by atoms with Crippen molar-refractivity contribution in [1.82, 2.24) is 4.98 Å². The first-order chi connectivity index (χ1) is 6.30. The van der Waals surface area contributed by atoms with Gasteiger partial charge in [0.25, 0.3) is 9.05 Å². The molecule has 0 fully saturated rings. The van der Waals surface area contributed by atoms with Gasteiger partial charge >= 0.3 is 0 Å². The highest BCUT2D eigenvalue weighted by Gasteiger charge is 2.15. The number of rotatable bonds is 2. The summed E-state index contributed by atoms with van der Waals surface area (Å²) in [7, 11) is 1.23. The van der Waals surface area contributed by atoms with Gasteiger partial charge in [0, 0.05) is 21.2 Å². The average Bonchev–Trinajstić information content (AvgIpc) is 2.01. The lowest BCUT2D eigenvalue weighted by atomic mass is 10.3. The van der Waals surface area contributed by atoms with E-state index in [1.807, 2.05) is 22.6 Å². The van der Waals surface area contributed by atoms with Crippen LogP contribution in [0, 0.1) is 3.57 Å². The Labute approximate surface area is 99.2 Å². The summed E-state index contributed by atoms with van der Waals surface area (Å²) in [4.78, 5) is 14.6. The minimum atomic E-state index is -3.88. The van der Waals surface area contributed by atoms with Crippen molar-refractivity contribution in [2.45, 2.75) is 11.9 Å². The van der Waals surface area contributed by atoms with Crippen LogP contribution in [0.2, 0.25) is 0 Å². The molecule has 0 amide bonds. The highest BCUT2D eigenvalue weighted by Crippen LogP contribution is 2.16. The topological polar surface area (TPSA) is 64.1 Å². The van der Waals surface area contributed by atoms with Gasteiger partial charge < -0.3 is 0 Å². The standard InChI is InChI=1S/C7H5ClINO3S/c1-4(11)6-2-5(9)3-7(10-6)14(8,12)13/h2-3H,1H3. The van der Waals surface area contributed by atoms with Gasteiger partial charge in [-0.1, -0.05) is 0 Å². The molecule has 1 rings (SSSR count). The molecule has 4 nitrogen and oxygen atoms in total. The maximum atomic E-state index is 11.0. The summed E-state index contributed by atoms with van der Waals surface area (Å²) in [6.07, 6.45) is 0. The molecule has 0 N–H and O–H groups in total. The largest absolute Gasteiger partial charge is 0.293 e. The van der Waals surface area contributed by atoms with Crippen LogP contribution < -0.4 is 0 Å². The number of aromatic nitrogens is 1. The SMILES string of the molecule is CC(=O)c1cc(I)cc(S(=O)(=O)Cl)n1. The molecule has 1 heterocycles. The van der Waals surface area contributed by atoms with Crippen molar-refractivity contribution in [2.24, 2.45) is 0 Å². The van der Waals surface area contributed by atoms with E-state index in [1.165, 1.54) is 19.1 Å². The van der Waals surface area contributed by atoms with E-state index in [0.29, 0.717) is 3.57 Å². The van der Waals surface area contributed by atoms with Gasteiger partial charge in [-0.25, -0.2) is 13.4 Å². The number of hydrogen-bond acceptors (Lipinski definition) is 4. The third kappa shape index (κ3) is 2.89. The molecule has 0 aliphatic heterocycles. The van der Waals surface area contributed by atoms with Crippen molar-refractivity contribution in [3.63, 3.8) is 0 Å². The lowest BCUT2D eigenvalue weighted by Crippen LogP contribution is -2.03. The average molecular weight is 346 g/mol. The molecule has 1 aromatic rings. The van der Waals surface area contributed by atoms with Gasteiger partial charge in [-0.05, 0) is 34.7 Å². The zero-order valence-corrected chi connectivity index (χ0v) is 10.7. The lowest BCUT2D eigenvalue weighted by Gasteiger charge is -2.00. The number of carbonyl (C=O) groups is 1. The maximum Gasteiger partial charge on any atom is 0.278 e. The van der Waals surface area contributed by atoms with Gasteiger partial charge in [0.05, 0.1) is 0 Å². The molecule has 0 radical (unpaired) electrons. The second-order valence-electron chi connectivity index (χ2n) is 2.50. The summed E-state index contributed by atoms with van der Waals surface area (Å²) in [5.41, 5.74) is 0.0936. The van der Waals surface area contributed by atoms with Gasteiger partial charge in [-0.2, -0.15) is 0 Å². The summed E-state index contributed by atoms with van der Waals surface area (Å²) in [6.45, 7) is 1.31. The number of hydrogen-bond donors (Lipinski definition) is 0. The van der Waals surface area contributed by atoms with E-state index in [4.69, 9.17) is 10.7 Å². The molecule has 0 saturated heterocycles. The Balaban J connectivity index is 3.43. The molecular formula is C7H5ClINO3S. The predicted molar refractivity (Wildman–Crippen MR) is 60.0 cm³/mol. The Morgan fingerprint density at radius 1 is 1.50 bits per heavy atom. The van der Waals surface area contributed by atoms with Crippen LogP contribution in [0.25, 0.3) is 0 Å². The number of pyridine rings is 1. The highest BCUT2D eigenvalue weighted by molar-refractivity contribution is 14.1. The van der Waals surface area contributed by atoms with Crippen LogP contribution >= 0.6 is 33.3 Å². The zero-order valence-electron chi connectivity index (χ0n) is 6.99. The lowest BCUT2D eigenvalue weighted by molar-refractivity contribution is 0.101. The van der Waals surface area contributed by atoms with Gasteiger partial charge in [0.15, 0.2) is 10.8 Å². The molecule has 14 heavy (non-hydrogen) atoms. The van der Waals surface area contributed by atoms with Gasteiger partial charge in [0.2, 0.25) is 0 Å². The molecule has 0 bridgehead atoms. The third-order valence-electron chi connectivity index (χ3n) is 1.38. The van der Waals surface area contributed by atoms with E-state index in [0.717, 1.165) is 0 Å². The van der Waals surface area contributed by atoms with Crippen LogP contribution in [0.3, 0.4) is 0 Å². The van der Waals surface area contributed by atoms with Gasteiger partial charge in [0.1, 0.15) is 5.69 Å². The Hall–Kier alpha value is -0.210. The molecule has 1 aromatic heterocycles. The normalized spacial score (nSPS) is 11.4. The van der Waals surface area contributed by atoms with Crippen molar-refractivity contribution < 1.29 is 13.2 Å². The fourth-order valence-electron chi connectivity index (χ4n) is 0.779. The second-order valence-corrected chi connectivity index (χ2v) is 6.26. The molecule has 0 unspecified atom stereocenters. The first-order valence-corrected chi connectivity index (χ1v) is 6.82. The van der Waals surface area contributed by atoms with Crippen molar-refractivity contribution in [1.29, 1.82) is 0 Å². The third-order valence-corrected chi connectivity index (χ3v) is 3.18. The smallest absolute Gasteiger partial charge is 0.278 e. The maximum absolute atomic E-state index is 11.0. The number of carbonyl (C=O) groups excluding carboxylic acids is 1. The van der Waals surface area contributed by atoms with Crippen molar-refractivity contribution in [2.75, 3.05) is 0 Å². The van der Waals surface area contributed by atoms with Crippen LogP contribution in [0.5, 0.6) is 0 Å². The van der Waals surface area contributed by atoms with Crippen LogP contribution in [0.4, 0.5) is 0 Å². The van der Waals surface area contributed by atoms with E-state index >= 15 is 0 Å². The summed E-state index contributed by atoms with van der Waals surface area (Å²) >= 11 is 1.89. The van der Waals surface area contributed by atoms with Crippen LogP contribution in [-0.2, 0) is 9.05 Å². The second kappa shape index (κ2) is 4.11. The molecular weight excluding hydrogens is 341 g/mol. The number of nitrogens with zero attached hydrogens (tertiary/aromatic N) is 1. The zero-order chi connectivity index (χ0) is 10.9. The molecule has 0 aromatic carbocycles. The minimum Gasteiger partial charge on any atom is -0.293 e. The first kappa shape index (κ1) is 11.9. The van der Waals surface area contributed by atoms with Gasteiger partial charge in [-0.15, -0.1) is 0 Å². The van der Waals surface area contributed by atoms with Gasteiger partial charge in [-0.3, -0.25) is 4.79 Å². The molecule has 0 saturated carbocycles. The summed E-state index contributed by atoms with van der Waals surface area (Å²) in [5.74, 6) is -0.301. The first-order valence-electron chi connectivity index (χ1n) is 3.44. The van der Waals surface area contributed by atoms with E-state index in [9.17, 15) is 13.2 Å². The molecule has 0 aliphatic rings. The summed E-state index contributed by atoms with van der Waals surface area (Å²) in [6, 6.07) is 2.80. The van der Waals surface area contributed by atoms with Crippen molar-refractivity contribution in [3.05, 3.63) is 21.4 Å². The van der Waals surface area contributed by atoms with Crippen LogP contribution in [0.15, 0.2) is 17.2 Å². The highest BCUT2D eigenvalue weighted by atomic mass is 127. The molecule has 76 valence electrons. The van der Waals surface area contributed by atoms with Crippen LogP contribution in [0.1, 0.15) is 17.4 Å². The van der Waals surface area contributed by atoms with Crippen LogP contribution in [-0.4, -0.2) is 19.2 Å². The minimum absolute atomic E-state index is 0.0936. The molecule has 0 aliphatic carbocycles. The quantitative estimate of drug-likeness (QED) is 0.466. The number of ketones is 1. The van der Waals surface area contributed by atoms with E-state index in [1.54, 1.807) is 0 Å². The Morgan fingerprint density at radius 2 is 2.07 bits per heavy atom. The Morgan fingerprint density at radius 3 is 2.50 bits per heavy atom. The van der Waals surface area contributed by atoms with E-state index < -0.39 is 9.05 Å². The molecule has 7 heteroatoms. The van der Waals surface area contributed by atoms with Crippen molar-refractivity contribution >= 4 is 48.1 Å². The Kier molecular flexibility index (Phi) is 3.49. The summed E-state index contributed by atoms with van der Waals surface area (Å²) in [5, 5.41) is -0.295. The summed E-state index contributed by atoms with van der Waals surface area (Å²) < 4.78 is 22.5. The van der Waals surface area contributed by atoms with E-state index in [2.05, 4.69) is 4.98 Å². The monoisotopic (exact) mass is 345 g/mol. The fourth-order valence-corrected chi connectivity index (χ4v) is 2.29. The molecule has 0 atom stereocenters. The Bertz CT molecular complexity index is 486. The number of halogens is 2. The predicted octanol–water partition coefficient (Wildman–Crippen LogP) is 1.82. The molecule has 0 spiro atoms.